The van der Waals surface area contributed by atoms with Crippen LogP contribution < -0.4 is 5.32 Å². The lowest BCUT2D eigenvalue weighted by Crippen LogP contribution is -2.26. The van der Waals surface area contributed by atoms with E-state index in [0.717, 1.165) is 5.56 Å². The first kappa shape index (κ1) is 14.5. The molecule has 0 aliphatic carbocycles. The van der Waals surface area contributed by atoms with Crippen LogP contribution in [-0.4, -0.2) is 25.0 Å². The van der Waals surface area contributed by atoms with Gasteiger partial charge >= 0.3 is 5.97 Å². The van der Waals surface area contributed by atoms with E-state index in [4.69, 9.17) is 16.3 Å². The maximum Gasteiger partial charge on any atom is 0.307 e. The van der Waals surface area contributed by atoms with Crippen molar-refractivity contribution in [1.82, 2.24) is 5.32 Å². The molecule has 1 N–H and O–H groups in total. The third-order valence-corrected chi connectivity index (χ3v) is 2.60. The smallest absolute Gasteiger partial charge is 0.307 e. The third kappa shape index (κ3) is 4.37. The fourth-order valence-electron chi connectivity index (χ4n) is 1.41. The normalized spacial score (nSPS) is 9.94. The number of hydrogen-bond donors (Lipinski definition) is 1. The van der Waals surface area contributed by atoms with Gasteiger partial charge in [-0.1, -0.05) is 17.7 Å². The number of nitrogens with one attached hydrogen (secondary N) is 1. The molecule has 98 valence electrons. The van der Waals surface area contributed by atoms with Crippen LogP contribution in [0.5, 0.6) is 0 Å². The summed E-state index contributed by atoms with van der Waals surface area (Å²) in [6, 6.07) is 5.20. The van der Waals surface area contributed by atoms with Crippen molar-refractivity contribution in [2.75, 3.05) is 13.2 Å². The molecule has 0 aromatic heterocycles. The minimum atomic E-state index is -0.326. The first-order chi connectivity index (χ1) is 8.54. The molecule has 1 aromatic carbocycles. The maximum absolute atomic E-state index is 11.8. The van der Waals surface area contributed by atoms with Gasteiger partial charge in [-0.25, -0.2) is 0 Å². The van der Waals surface area contributed by atoms with Crippen LogP contribution in [0.1, 0.15) is 29.3 Å². The summed E-state index contributed by atoms with van der Waals surface area (Å²) in [6.07, 6.45) is 0.156. The van der Waals surface area contributed by atoms with Gasteiger partial charge in [0.2, 0.25) is 0 Å². The van der Waals surface area contributed by atoms with Crippen molar-refractivity contribution in [3.8, 4) is 0 Å². The first-order valence-electron chi connectivity index (χ1n) is 5.74. The Labute approximate surface area is 111 Å². The van der Waals surface area contributed by atoms with E-state index < -0.39 is 0 Å². The lowest BCUT2D eigenvalue weighted by molar-refractivity contribution is -0.142. The van der Waals surface area contributed by atoms with Crippen molar-refractivity contribution in [3.63, 3.8) is 0 Å². The van der Waals surface area contributed by atoms with Gasteiger partial charge in [-0.2, -0.15) is 0 Å². The van der Waals surface area contributed by atoms with Crippen molar-refractivity contribution >= 4 is 23.5 Å². The van der Waals surface area contributed by atoms with Crippen LogP contribution in [0.2, 0.25) is 5.02 Å². The fraction of sp³-hybridized carbons (Fsp3) is 0.385. The number of ether oxygens (including phenoxy) is 1. The van der Waals surface area contributed by atoms with E-state index in [1.165, 1.54) is 0 Å². The number of benzene rings is 1. The molecule has 0 radical (unpaired) electrons. The molecule has 0 unspecified atom stereocenters. The maximum atomic E-state index is 11.8. The van der Waals surface area contributed by atoms with Crippen LogP contribution in [0.4, 0.5) is 0 Å². The Morgan fingerprint density at radius 2 is 2.11 bits per heavy atom. The molecule has 18 heavy (non-hydrogen) atoms. The lowest BCUT2D eigenvalue weighted by Gasteiger charge is -2.07. The molecule has 4 nitrogen and oxygen atoms in total. The Hall–Kier alpha value is -1.55. The van der Waals surface area contributed by atoms with Crippen molar-refractivity contribution in [1.29, 1.82) is 0 Å². The van der Waals surface area contributed by atoms with Crippen LogP contribution in [-0.2, 0) is 9.53 Å². The average molecular weight is 270 g/mol. The van der Waals surface area contributed by atoms with E-state index in [2.05, 4.69) is 5.32 Å². The number of halogens is 1. The highest BCUT2D eigenvalue weighted by Gasteiger charge is 2.10. The summed E-state index contributed by atoms with van der Waals surface area (Å²) < 4.78 is 4.75. The van der Waals surface area contributed by atoms with Gasteiger partial charge in [-0.15, -0.1) is 0 Å². The Kier molecular flexibility index (Phi) is 5.65. The van der Waals surface area contributed by atoms with Crippen molar-refractivity contribution in [2.45, 2.75) is 20.3 Å². The molecule has 1 amide bonds. The Morgan fingerprint density at radius 3 is 2.72 bits per heavy atom. The van der Waals surface area contributed by atoms with Gasteiger partial charge in [0, 0.05) is 6.54 Å². The van der Waals surface area contributed by atoms with E-state index in [1.54, 1.807) is 19.1 Å². The fourth-order valence-corrected chi connectivity index (χ4v) is 1.73. The van der Waals surface area contributed by atoms with Crippen LogP contribution >= 0.6 is 11.6 Å². The minimum absolute atomic E-state index is 0.156. The van der Waals surface area contributed by atoms with E-state index in [9.17, 15) is 9.59 Å². The topological polar surface area (TPSA) is 55.4 Å². The summed E-state index contributed by atoms with van der Waals surface area (Å²) in [6.45, 7) is 4.22. The second-order valence-electron chi connectivity index (χ2n) is 3.79. The number of carbonyl (C=O) groups excluding carboxylic acids is 2. The highest BCUT2D eigenvalue weighted by molar-refractivity contribution is 6.33. The SMILES string of the molecule is CCOC(=O)CCNC(=O)c1ccc(C)cc1Cl. The zero-order chi connectivity index (χ0) is 13.5. The molecule has 0 aliphatic heterocycles. The second kappa shape index (κ2) is 7.01. The van der Waals surface area contributed by atoms with E-state index in [0.29, 0.717) is 17.2 Å². The molecule has 1 aromatic rings. The van der Waals surface area contributed by atoms with Crippen molar-refractivity contribution in [3.05, 3.63) is 34.3 Å². The van der Waals surface area contributed by atoms with Crippen molar-refractivity contribution < 1.29 is 14.3 Å². The number of carbonyl (C=O) groups is 2. The quantitative estimate of drug-likeness (QED) is 0.835. The Bertz CT molecular complexity index is 446. The van der Waals surface area contributed by atoms with Crippen LogP contribution in [0.25, 0.3) is 0 Å². The molecule has 0 atom stereocenters. The largest absolute Gasteiger partial charge is 0.466 e. The second-order valence-corrected chi connectivity index (χ2v) is 4.20. The number of aryl methyl sites for hydroxylation is 1. The molecule has 0 saturated carbocycles. The van der Waals surface area contributed by atoms with E-state index >= 15 is 0 Å². The summed E-state index contributed by atoms with van der Waals surface area (Å²) >= 11 is 5.96. The zero-order valence-electron chi connectivity index (χ0n) is 10.5. The van der Waals surface area contributed by atoms with Crippen molar-refractivity contribution in [2.24, 2.45) is 0 Å². The van der Waals surface area contributed by atoms with Crippen LogP contribution in [0.3, 0.4) is 0 Å². The zero-order valence-corrected chi connectivity index (χ0v) is 11.2. The van der Waals surface area contributed by atoms with Gasteiger partial charge in [0.1, 0.15) is 0 Å². The summed E-state index contributed by atoms with van der Waals surface area (Å²) in [7, 11) is 0. The molecule has 0 saturated heterocycles. The molecule has 0 aliphatic rings. The summed E-state index contributed by atoms with van der Waals surface area (Å²) in [5.41, 5.74) is 1.40. The molecule has 1 rings (SSSR count). The Balaban J connectivity index is 2.48. The van der Waals surface area contributed by atoms with Gasteiger partial charge in [0.15, 0.2) is 0 Å². The van der Waals surface area contributed by atoms with Gasteiger partial charge in [-0.3, -0.25) is 9.59 Å². The van der Waals surface area contributed by atoms with Gasteiger partial charge < -0.3 is 10.1 Å². The van der Waals surface area contributed by atoms with Gasteiger partial charge in [-0.05, 0) is 31.5 Å². The molecular formula is C13H16ClNO3. The summed E-state index contributed by atoms with van der Waals surface area (Å²) in [5, 5.41) is 3.03. The predicted molar refractivity (Wildman–Crippen MR) is 69.8 cm³/mol. The molecule has 0 heterocycles. The molecule has 0 bridgehead atoms. The first-order valence-corrected chi connectivity index (χ1v) is 6.12. The van der Waals surface area contributed by atoms with Crippen LogP contribution in [0, 0.1) is 6.92 Å². The van der Waals surface area contributed by atoms with Crippen LogP contribution in [0.15, 0.2) is 18.2 Å². The number of esters is 1. The number of rotatable bonds is 5. The monoisotopic (exact) mass is 269 g/mol. The highest BCUT2D eigenvalue weighted by Crippen LogP contribution is 2.17. The molecule has 0 fully saturated rings. The average Bonchev–Trinajstić information content (AvgIpc) is 2.29. The summed E-state index contributed by atoms with van der Waals surface area (Å²) in [4.78, 5) is 22.8. The van der Waals surface area contributed by atoms with Gasteiger partial charge in [0.25, 0.3) is 5.91 Å². The standard InChI is InChI=1S/C13H16ClNO3/c1-3-18-12(16)6-7-15-13(17)10-5-4-9(2)8-11(10)14/h4-5,8H,3,6-7H2,1-2H3,(H,15,17). The lowest BCUT2D eigenvalue weighted by atomic mass is 10.1. The molecule has 5 heteroatoms. The predicted octanol–water partition coefficient (Wildman–Crippen LogP) is 2.33. The molecular weight excluding hydrogens is 254 g/mol. The van der Waals surface area contributed by atoms with E-state index in [-0.39, 0.29) is 24.8 Å². The third-order valence-electron chi connectivity index (χ3n) is 2.29. The Morgan fingerprint density at radius 1 is 1.39 bits per heavy atom. The minimum Gasteiger partial charge on any atom is -0.466 e. The van der Waals surface area contributed by atoms with Gasteiger partial charge in [0.05, 0.1) is 23.6 Å². The summed E-state index contributed by atoms with van der Waals surface area (Å²) in [5.74, 6) is -0.614. The molecule has 0 spiro atoms. The number of amides is 1. The van der Waals surface area contributed by atoms with E-state index in [1.807, 2.05) is 13.0 Å². The number of hydrogen-bond acceptors (Lipinski definition) is 3. The highest BCUT2D eigenvalue weighted by atomic mass is 35.5.